The van der Waals surface area contributed by atoms with Crippen molar-refractivity contribution in [2.24, 2.45) is 5.92 Å². The molecule has 1 heterocycles. The van der Waals surface area contributed by atoms with E-state index in [1.54, 1.807) is 26.0 Å². The van der Waals surface area contributed by atoms with Crippen molar-refractivity contribution in [1.82, 2.24) is 10.2 Å². The summed E-state index contributed by atoms with van der Waals surface area (Å²) in [7, 11) is 0. The summed E-state index contributed by atoms with van der Waals surface area (Å²) in [5.74, 6) is 0.386. The van der Waals surface area contributed by atoms with Gasteiger partial charge in [-0.3, -0.25) is 4.79 Å². The Labute approximate surface area is 138 Å². The molecule has 1 aromatic rings. The van der Waals surface area contributed by atoms with Gasteiger partial charge in [0.2, 0.25) is 5.91 Å². The van der Waals surface area contributed by atoms with E-state index >= 15 is 0 Å². The third-order valence-electron chi connectivity index (χ3n) is 4.26. The van der Waals surface area contributed by atoms with Crippen molar-refractivity contribution in [3.05, 3.63) is 29.8 Å². The van der Waals surface area contributed by atoms with Gasteiger partial charge >= 0.3 is 0 Å². The van der Waals surface area contributed by atoms with E-state index in [2.05, 4.69) is 5.32 Å². The lowest BCUT2D eigenvalue weighted by molar-refractivity contribution is -0.137. The fourth-order valence-corrected chi connectivity index (χ4v) is 2.82. The summed E-state index contributed by atoms with van der Waals surface area (Å²) in [6, 6.07) is 6.93. The highest BCUT2D eigenvalue weighted by molar-refractivity contribution is 5.79. The lowest BCUT2D eigenvalue weighted by Gasteiger charge is -2.31. The maximum atomic E-state index is 12.8. The molecule has 5 nitrogen and oxygen atoms in total. The highest BCUT2D eigenvalue weighted by Gasteiger charge is 2.27. The fraction of sp³-hybridized carbons (Fsp3) is 0.611. The molecule has 1 aliphatic rings. The molecule has 0 radical (unpaired) electrons. The molecular weight excluding hydrogens is 292 g/mol. The van der Waals surface area contributed by atoms with Gasteiger partial charge < -0.3 is 20.4 Å². The van der Waals surface area contributed by atoms with Gasteiger partial charge in [-0.25, -0.2) is 0 Å². The van der Waals surface area contributed by atoms with E-state index < -0.39 is 5.60 Å². The van der Waals surface area contributed by atoms with Crippen LogP contribution in [0.2, 0.25) is 0 Å². The largest absolute Gasteiger partial charge is 0.508 e. The van der Waals surface area contributed by atoms with Crippen molar-refractivity contribution in [3.8, 4) is 5.75 Å². The zero-order chi connectivity index (χ0) is 16.9. The zero-order valence-corrected chi connectivity index (χ0v) is 14.1. The first-order valence-corrected chi connectivity index (χ1v) is 8.35. The Morgan fingerprint density at radius 1 is 1.35 bits per heavy atom. The second-order valence-corrected chi connectivity index (χ2v) is 7.03. The van der Waals surface area contributed by atoms with E-state index in [0.717, 1.165) is 31.5 Å². The number of benzene rings is 1. The molecule has 5 heteroatoms. The molecule has 1 amide bonds. The number of aliphatic hydroxyl groups is 1. The number of hydrogen-bond acceptors (Lipinski definition) is 4. The smallest absolute Gasteiger partial charge is 0.227 e. The molecule has 3 N–H and O–H groups in total. The summed E-state index contributed by atoms with van der Waals surface area (Å²) in [4.78, 5) is 14.7. The molecule has 1 aliphatic heterocycles. The van der Waals surface area contributed by atoms with Gasteiger partial charge in [0, 0.05) is 19.6 Å². The molecule has 1 aromatic carbocycles. The normalized spacial score (nSPS) is 18.7. The second kappa shape index (κ2) is 7.79. The van der Waals surface area contributed by atoms with Gasteiger partial charge in [0.1, 0.15) is 5.75 Å². The number of aromatic hydroxyl groups is 1. The van der Waals surface area contributed by atoms with Crippen LogP contribution >= 0.6 is 0 Å². The zero-order valence-electron chi connectivity index (χ0n) is 14.1. The van der Waals surface area contributed by atoms with E-state index in [0.29, 0.717) is 19.5 Å². The van der Waals surface area contributed by atoms with Crippen molar-refractivity contribution in [2.75, 3.05) is 19.6 Å². The maximum absolute atomic E-state index is 12.8. The second-order valence-electron chi connectivity index (χ2n) is 7.03. The molecule has 23 heavy (non-hydrogen) atoms. The van der Waals surface area contributed by atoms with Crippen molar-refractivity contribution >= 4 is 5.91 Å². The quantitative estimate of drug-likeness (QED) is 0.748. The van der Waals surface area contributed by atoms with Gasteiger partial charge in [0.25, 0.3) is 0 Å². The van der Waals surface area contributed by atoms with Crippen LogP contribution in [0.1, 0.15) is 38.7 Å². The molecule has 0 aromatic heterocycles. The summed E-state index contributed by atoms with van der Waals surface area (Å²) < 4.78 is 0. The lowest BCUT2D eigenvalue weighted by atomic mass is 9.97. The summed E-state index contributed by atoms with van der Waals surface area (Å²) >= 11 is 0. The monoisotopic (exact) mass is 320 g/mol. The standard InChI is InChI=1S/C18H28N2O3/c1-18(2,23)9-11-20(13-14-5-7-16(21)8-6-14)17(22)15-4-3-10-19-12-15/h5-8,15,19,21,23H,3-4,9-13H2,1-2H3. The molecule has 0 bridgehead atoms. The predicted octanol–water partition coefficient (Wildman–Crippen LogP) is 1.88. The van der Waals surface area contributed by atoms with E-state index in [4.69, 9.17) is 0 Å². The number of nitrogens with zero attached hydrogens (tertiary/aromatic N) is 1. The van der Waals surface area contributed by atoms with Crippen molar-refractivity contribution < 1.29 is 15.0 Å². The average Bonchev–Trinajstić information content (AvgIpc) is 2.52. The van der Waals surface area contributed by atoms with E-state index in [1.807, 2.05) is 17.0 Å². The van der Waals surface area contributed by atoms with Crippen LogP contribution in [0.15, 0.2) is 24.3 Å². The summed E-state index contributed by atoms with van der Waals surface area (Å²) in [5, 5.41) is 22.7. The first-order valence-electron chi connectivity index (χ1n) is 8.35. The van der Waals surface area contributed by atoms with Gasteiger partial charge in [-0.15, -0.1) is 0 Å². The van der Waals surface area contributed by atoms with Crippen LogP contribution in [0.25, 0.3) is 0 Å². The lowest BCUT2D eigenvalue weighted by Crippen LogP contribution is -2.44. The SMILES string of the molecule is CC(C)(O)CCN(Cc1ccc(O)cc1)C(=O)C1CCCNC1. The Hall–Kier alpha value is -1.59. The van der Waals surface area contributed by atoms with Crippen molar-refractivity contribution in [3.63, 3.8) is 0 Å². The molecule has 0 saturated carbocycles. The Morgan fingerprint density at radius 2 is 2.04 bits per heavy atom. The Morgan fingerprint density at radius 3 is 2.61 bits per heavy atom. The molecule has 1 atom stereocenters. The third-order valence-corrected chi connectivity index (χ3v) is 4.26. The number of amides is 1. The fourth-order valence-electron chi connectivity index (χ4n) is 2.82. The van der Waals surface area contributed by atoms with Crippen molar-refractivity contribution in [2.45, 2.75) is 45.3 Å². The van der Waals surface area contributed by atoms with E-state index in [1.165, 1.54) is 0 Å². The molecule has 2 rings (SSSR count). The summed E-state index contributed by atoms with van der Waals surface area (Å²) in [6.07, 6.45) is 2.48. The Bertz CT molecular complexity index is 502. The number of piperidine rings is 1. The number of hydrogen-bond donors (Lipinski definition) is 3. The third kappa shape index (κ3) is 5.84. The Kier molecular flexibility index (Phi) is 6.02. The van der Waals surface area contributed by atoms with E-state index in [9.17, 15) is 15.0 Å². The summed E-state index contributed by atoms with van der Waals surface area (Å²) in [6.45, 7) is 6.26. The van der Waals surface area contributed by atoms with Gasteiger partial charge in [-0.1, -0.05) is 12.1 Å². The number of phenols is 1. The van der Waals surface area contributed by atoms with Crippen molar-refractivity contribution in [1.29, 1.82) is 0 Å². The van der Waals surface area contributed by atoms with E-state index in [-0.39, 0.29) is 17.6 Å². The molecule has 1 fully saturated rings. The maximum Gasteiger partial charge on any atom is 0.227 e. The van der Waals surface area contributed by atoms with Gasteiger partial charge in [0.15, 0.2) is 0 Å². The Balaban J connectivity index is 2.06. The molecule has 0 spiro atoms. The van der Waals surface area contributed by atoms with Crippen LogP contribution in [-0.2, 0) is 11.3 Å². The van der Waals surface area contributed by atoms with Gasteiger partial charge in [-0.05, 0) is 57.4 Å². The molecule has 0 aliphatic carbocycles. The number of nitrogens with one attached hydrogen (secondary N) is 1. The van der Waals surface area contributed by atoms with Gasteiger partial charge in [-0.2, -0.15) is 0 Å². The highest BCUT2D eigenvalue weighted by Crippen LogP contribution is 2.19. The van der Waals surface area contributed by atoms with Crippen LogP contribution in [0.3, 0.4) is 0 Å². The van der Waals surface area contributed by atoms with Crippen LogP contribution in [0, 0.1) is 5.92 Å². The molecule has 128 valence electrons. The van der Waals surface area contributed by atoms with Crippen LogP contribution in [-0.4, -0.2) is 46.3 Å². The first kappa shape index (κ1) is 17.8. The predicted molar refractivity (Wildman–Crippen MR) is 90.0 cm³/mol. The average molecular weight is 320 g/mol. The molecule has 1 saturated heterocycles. The molecule has 1 unspecified atom stereocenters. The number of phenolic OH excluding ortho intramolecular Hbond substituents is 1. The number of rotatable bonds is 6. The van der Waals surface area contributed by atoms with Crippen LogP contribution in [0.4, 0.5) is 0 Å². The minimum Gasteiger partial charge on any atom is -0.508 e. The first-order chi connectivity index (χ1) is 10.8. The van der Waals surface area contributed by atoms with Crippen LogP contribution in [0.5, 0.6) is 5.75 Å². The highest BCUT2D eigenvalue weighted by atomic mass is 16.3. The number of carbonyl (C=O) groups excluding carboxylic acids is 1. The van der Waals surface area contributed by atoms with Gasteiger partial charge in [0.05, 0.1) is 11.5 Å². The topological polar surface area (TPSA) is 72.8 Å². The number of carbonyl (C=O) groups is 1. The minimum absolute atomic E-state index is 0.0164. The molecular formula is C18H28N2O3. The summed E-state index contributed by atoms with van der Waals surface area (Å²) in [5.41, 5.74) is 0.189. The minimum atomic E-state index is -0.793. The van der Waals surface area contributed by atoms with Crippen LogP contribution < -0.4 is 5.32 Å².